The van der Waals surface area contributed by atoms with Crippen LogP contribution in [0.3, 0.4) is 0 Å². The van der Waals surface area contributed by atoms with Gasteiger partial charge < -0.3 is 33.0 Å². The number of imidazole rings is 1. The summed E-state index contributed by atoms with van der Waals surface area (Å²) >= 11 is 0. The van der Waals surface area contributed by atoms with Gasteiger partial charge in [0.15, 0.2) is 33.9 Å². The number of ether oxygens (including phenoxy) is 6. The van der Waals surface area contributed by atoms with Crippen LogP contribution in [0.1, 0.15) is 88.0 Å². The summed E-state index contributed by atoms with van der Waals surface area (Å²) in [5.41, 5.74) is -2.61. The van der Waals surface area contributed by atoms with Crippen LogP contribution in [0.15, 0.2) is 83.1 Å². The Morgan fingerprint density at radius 2 is 1.36 bits per heavy atom. The molecule has 0 radical (unpaired) electrons. The summed E-state index contributed by atoms with van der Waals surface area (Å²) in [5.74, 6) is -1.48. The van der Waals surface area contributed by atoms with Crippen molar-refractivity contribution in [1.29, 1.82) is 0 Å². The van der Waals surface area contributed by atoms with Gasteiger partial charge in [0.05, 0.1) is 18.4 Å². The summed E-state index contributed by atoms with van der Waals surface area (Å²) in [5, 5.41) is 0.125. The van der Waals surface area contributed by atoms with Crippen molar-refractivity contribution in [2.75, 3.05) is 11.4 Å². The van der Waals surface area contributed by atoms with Crippen LogP contribution < -0.4 is 10.3 Å². The highest BCUT2D eigenvalue weighted by Crippen LogP contribution is 2.45. The van der Waals surface area contributed by atoms with Gasteiger partial charge in [0.2, 0.25) is 5.43 Å². The van der Waals surface area contributed by atoms with Crippen LogP contribution in [0.25, 0.3) is 22.1 Å². The summed E-state index contributed by atoms with van der Waals surface area (Å²) in [6, 6.07) is 15.9. The minimum Gasteiger partial charge on any atom is -0.443 e. The number of nitrogens with zero attached hydrogens (tertiary/aromatic N) is 7. The number of imide groups is 1. The van der Waals surface area contributed by atoms with Gasteiger partial charge in [-0.3, -0.25) is 9.36 Å². The first-order valence-electron chi connectivity index (χ1n) is 20.6. The zero-order chi connectivity index (χ0) is 46.7. The summed E-state index contributed by atoms with van der Waals surface area (Å²) in [6.45, 7) is 17.4. The van der Waals surface area contributed by atoms with Crippen LogP contribution in [-0.2, 0) is 45.0 Å². The van der Waals surface area contributed by atoms with Crippen molar-refractivity contribution in [3.05, 3.63) is 89.2 Å². The van der Waals surface area contributed by atoms with Crippen molar-refractivity contribution in [2.45, 2.75) is 135 Å². The van der Waals surface area contributed by atoms with E-state index in [0.717, 1.165) is 11.9 Å². The smallest absolute Gasteiger partial charge is 0.425 e. The van der Waals surface area contributed by atoms with Gasteiger partial charge in [-0.1, -0.05) is 42.5 Å². The Hall–Kier alpha value is -5.96. The molecule has 20 heteroatoms. The Morgan fingerprint density at radius 1 is 0.781 bits per heavy atom. The predicted octanol–water partition coefficient (Wildman–Crippen LogP) is 6.91. The lowest BCUT2D eigenvalue weighted by Gasteiger charge is -2.30. The van der Waals surface area contributed by atoms with Gasteiger partial charge in [0, 0.05) is 18.1 Å². The number of para-hydroxylation sites is 1. The first kappa shape index (κ1) is 46.0. The lowest BCUT2D eigenvalue weighted by Crippen LogP contribution is -2.48. The van der Waals surface area contributed by atoms with Crippen molar-refractivity contribution in [3.8, 4) is 0 Å². The number of fused-ring (bicyclic) bond motifs is 3. The molecule has 2 aliphatic rings. The summed E-state index contributed by atoms with van der Waals surface area (Å²) in [6.07, 6.45) is -4.09. The van der Waals surface area contributed by atoms with Gasteiger partial charge in [-0.2, -0.15) is 9.21 Å². The monoisotopic (exact) mass is 903 g/mol. The second kappa shape index (κ2) is 16.5. The van der Waals surface area contributed by atoms with Gasteiger partial charge in [0.25, 0.3) is 10.0 Å². The third-order valence-electron chi connectivity index (χ3n) is 9.76. The minimum atomic E-state index is -5.00. The molecule has 3 aromatic heterocycles. The van der Waals surface area contributed by atoms with Crippen LogP contribution in [-0.4, -0.2) is 103 Å². The molecule has 0 N–H and O–H groups in total. The summed E-state index contributed by atoms with van der Waals surface area (Å²) in [7, 11) is -5.00. The lowest BCUT2D eigenvalue weighted by molar-refractivity contribution is -0.196. The molecule has 2 aromatic carbocycles. The highest BCUT2D eigenvalue weighted by molar-refractivity contribution is 7.89. The van der Waals surface area contributed by atoms with Gasteiger partial charge in [-0.15, -0.1) is 0 Å². The number of benzene rings is 2. The highest BCUT2D eigenvalue weighted by atomic mass is 32.2. The van der Waals surface area contributed by atoms with Crippen molar-refractivity contribution in [1.82, 2.24) is 28.4 Å². The van der Waals surface area contributed by atoms with Gasteiger partial charge in [-0.05, 0) is 93.9 Å². The lowest BCUT2D eigenvalue weighted by atomic mass is 10.1. The number of rotatable bonds is 8. The Bertz CT molecular complexity index is 2740. The Balaban J connectivity index is 1.30. The van der Waals surface area contributed by atoms with E-state index in [2.05, 4.69) is 15.0 Å². The molecule has 0 saturated carbocycles. The van der Waals surface area contributed by atoms with Crippen LogP contribution in [0.4, 0.5) is 20.2 Å². The molecule has 2 saturated heterocycles. The largest absolute Gasteiger partial charge is 0.443 e. The fourth-order valence-corrected chi connectivity index (χ4v) is 8.78. The van der Waals surface area contributed by atoms with E-state index in [4.69, 9.17) is 28.4 Å². The Kier molecular flexibility index (Phi) is 11.9. The Labute approximate surface area is 370 Å². The van der Waals surface area contributed by atoms with E-state index in [1.54, 1.807) is 98.9 Å². The topological polar surface area (TPSA) is 213 Å². The highest BCUT2D eigenvalue weighted by Gasteiger charge is 2.57. The third kappa shape index (κ3) is 9.59. The van der Waals surface area contributed by atoms with E-state index in [1.807, 2.05) is 30.3 Å². The van der Waals surface area contributed by atoms with E-state index in [-0.39, 0.29) is 28.9 Å². The molecule has 5 aromatic rings. The maximum Gasteiger partial charge on any atom is 0.425 e. The summed E-state index contributed by atoms with van der Waals surface area (Å²) < 4.78 is 69.6. The van der Waals surface area contributed by atoms with Crippen LogP contribution in [0.2, 0.25) is 0 Å². The average Bonchev–Trinajstić information content (AvgIpc) is 3.84. The molecule has 4 atom stereocenters. The molecule has 5 heterocycles. The normalized spacial score (nSPS) is 19.9. The zero-order valence-corrected chi connectivity index (χ0v) is 38.4. The van der Waals surface area contributed by atoms with Gasteiger partial charge in [-0.25, -0.2) is 37.8 Å². The second-order valence-electron chi connectivity index (χ2n) is 18.9. The molecule has 7 rings (SSSR count). The molecule has 342 valence electrons. The number of hydrogen-bond acceptors (Lipinski definition) is 15. The fraction of sp³-hybridized carbons (Fsp3) is 0.477. The van der Waals surface area contributed by atoms with Crippen LogP contribution in [0.5, 0.6) is 0 Å². The average molecular weight is 904 g/mol. The minimum absolute atomic E-state index is 0.0259. The molecule has 2 fully saturated rings. The quantitative estimate of drug-likeness (QED) is 0.145. The number of aromatic nitrogens is 5. The predicted molar refractivity (Wildman–Crippen MR) is 232 cm³/mol. The first-order chi connectivity index (χ1) is 29.7. The molecule has 0 aliphatic carbocycles. The van der Waals surface area contributed by atoms with Crippen molar-refractivity contribution in [2.24, 2.45) is 0 Å². The number of amides is 3. The van der Waals surface area contributed by atoms with Crippen LogP contribution >= 0.6 is 0 Å². The molecule has 0 bridgehead atoms. The molecule has 3 amide bonds. The maximum absolute atomic E-state index is 15.0. The van der Waals surface area contributed by atoms with Crippen molar-refractivity contribution in [3.63, 3.8) is 0 Å². The van der Waals surface area contributed by atoms with E-state index < -0.39 is 92.3 Å². The molecule has 2 aliphatic heterocycles. The van der Waals surface area contributed by atoms with E-state index in [0.29, 0.717) is 14.7 Å². The number of carbonyl (C=O) groups is 3. The molecule has 64 heavy (non-hydrogen) atoms. The number of carbonyl (C=O) groups excluding carboxylic acids is 3. The number of anilines is 1. The van der Waals surface area contributed by atoms with Crippen molar-refractivity contribution < 1.29 is 51.2 Å². The van der Waals surface area contributed by atoms with Gasteiger partial charge in [0.1, 0.15) is 41.4 Å². The van der Waals surface area contributed by atoms with Crippen LogP contribution in [0, 0.1) is 0 Å². The zero-order valence-electron chi connectivity index (χ0n) is 37.6. The number of sulfonamides is 1. The molecular weight excluding hydrogens is 851 g/mol. The van der Waals surface area contributed by atoms with E-state index >= 15 is 0 Å². The van der Waals surface area contributed by atoms with Gasteiger partial charge >= 0.3 is 18.3 Å². The summed E-state index contributed by atoms with van der Waals surface area (Å²) in [4.78, 5) is 68.7. The van der Waals surface area contributed by atoms with Crippen molar-refractivity contribution >= 4 is 56.2 Å². The third-order valence-corrected chi connectivity index (χ3v) is 11.5. The number of hydrogen-bond donors (Lipinski definition) is 0. The number of pyridine rings is 1. The van der Waals surface area contributed by atoms with E-state index in [9.17, 15) is 27.6 Å². The SMILES string of the molecule is CC(C)(C)OC(=O)N(C(=O)OC(C)(C)C)c1ncnc2c1ncn2[C@@H]1O[C@H](CN(C(=O)OC(C)(C)C)S(=O)(=O)c2cn(Cc3ccccc3)c3ccccc3c2=O)[C@H]2OC(C)(C)O[C@H]21. The van der Waals surface area contributed by atoms with E-state index in [1.165, 1.54) is 23.2 Å². The molecule has 0 spiro atoms. The Morgan fingerprint density at radius 3 is 1.98 bits per heavy atom. The first-order valence-corrected chi connectivity index (χ1v) is 22.0. The molecular formula is C44H53N7O12S. The fourth-order valence-electron chi connectivity index (χ4n) is 7.36. The molecule has 0 unspecified atom stereocenters. The molecule has 19 nitrogen and oxygen atoms in total. The maximum atomic E-state index is 15.0. The second-order valence-corrected chi connectivity index (χ2v) is 20.7. The standard InChI is InChI=1S/C44H53N7O12S/c1-41(2,3)61-38(53)50(64(56,57)30-23-48(21-26-17-13-12-14-18-26)28-20-16-15-19-27(28)32(30)52)22-29-33-34(60-44(10,11)59-33)37(58-29)49-25-47-31-35(49)45-24-46-36(31)51(39(54)62-42(4,5)6)40(55)63-43(7,8)9/h12-20,23-25,29,33-34,37H,21-22H2,1-11H3/t29-,33-,34-,37-/m1/s1.